The molecule has 304 valence electrons. The summed E-state index contributed by atoms with van der Waals surface area (Å²) in [5, 5.41) is 59.8. The molecular formula is C35H47ClN4O15. The minimum absolute atomic E-state index is 0.148. The minimum Gasteiger partial charge on any atom is -0.506 e. The van der Waals surface area contributed by atoms with E-state index in [2.05, 4.69) is 10.6 Å². The van der Waals surface area contributed by atoms with Crippen LogP contribution in [0.4, 0.5) is 20.1 Å². The number of amides is 4. The molecule has 4 aliphatic heterocycles. The van der Waals surface area contributed by atoms with E-state index in [9.17, 15) is 44.7 Å². The number of ether oxygens (including phenoxy) is 6. The van der Waals surface area contributed by atoms with Gasteiger partial charge >= 0.3 is 18.3 Å². The summed E-state index contributed by atoms with van der Waals surface area (Å²) in [6.07, 6.45) is -12.3. The Balaban J connectivity index is 1.66. The van der Waals surface area contributed by atoms with Gasteiger partial charge in [0.05, 0.1) is 24.8 Å². The number of nitrogens with two attached hydrogens (primary N) is 1. The Labute approximate surface area is 320 Å². The van der Waals surface area contributed by atoms with E-state index in [1.807, 2.05) is 0 Å². The maximum atomic E-state index is 14.7. The Bertz CT molecular complexity index is 1710. The largest absolute Gasteiger partial charge is 0.506 e. The maximum Gasteiger partial charge on any atom is 0.409 e. The van der Waals surface area contributed by atoms with E-state index in [1.54, 1.807) is 39.0 Å². The predicted molar refractivity (Wildman–Crippen MR) is 190 cm³/mol. The van der Waals surface area contributed by atoms with E-state index in [4.69, 9.17) is 45.8 Å². The van der Waals surface area contributed by atoms with Crippen molar-refractivity contribution in [3.05, 3.63) is 46.5 Å². The molecule has 55 heavy (non-hydrogen) atoms. The first-order valence-corrected chi connectivity index (χ1v) is 17.8. The van der Waals surface area contributed by atoms with Crippen molar-refractivity contribution in [2.75, 3.05) is 25.7 Å². The quantitative estimate of drug-likeness (QED) is 0.148. The van der Waals surface area contributed by atoms with Crippen molar-refractivity contribution in [1.82, 2.24) is 10.6 Å². The molecular weight excluding hydrogens is 752 g/mol. The van der Waals surface area contributed by atoms with Gasteiger partial charge in [-0.1, -0.05) is 42.3 Å². The van der Waals surface area contributed by atoms with Crippen molar-refractivity contribution in [3.8, 4) is 5.75 Å². The number of phenols is 1. The number of benzene rings is 1. The van der Waals surface area contributed by atoms with E-state index >= 15 is 0 Å². The number of anilines is 1. The van der Waals surface area contributed by atoms with Gasteiger partial charge in [0.1, 0.15) is 53.0 Å². The van der Waals surface area contributed by atoms with Gasteiger partial charge in [-0.2, -0.15) is 0 Å². The molecule has 1 aromatic carbocycles. The number of aliphatic hydroxyl groups excluding tert-OH is 3. The summed E-state index contributed by atoms with van der Waals surface area (Å²) in [6.45, 7) is 4.15. The topological polar surface area (TPSA) is 281 Å². The van der Waals surface area contributed by atoms with Gasteiger partial charge < -0.3 is 65.0 Å². The Morgan fingerprint density at radius 2 is 1.91 bits per heavy atom. The molecule has 9 N–H and O–H groups in total. The molecule has 4 amide bonds. The smallest absolute Gasteiger partial charge is 0.409 e. The molecule has 0 saturated carbocycles. The van der Waals surface area contributed by atoms with Gasteiger partial charge in [-0.25, -0.2) is 14.4 Å². The standard InChI is InChI=1S/C35H47ClN4O15/c1-15-7-6-8-22(50-5)35(49)13-20(52-33(48)39-35)16(2)29-34(3,55-29)23(53-32(47)38-4)12-24(43)40(18-10-17(9-15)11-19(42)25(18)36)30-27(45)26(44)28(54-31(37)46)21(14-41)51-30/h6-8,10-11,16,20-23,26-30,41-42,44-45,49H,9,12-14H2,1-5H3,(H2,37,46)(H,38,47)(H,39,48)/b8-6+,15-7+/t16-,20+,21+,22-,23+,26+,27+,28+,29+,30+,34+,35+/m1/s1. The van der Waals surface area contributed by atoms with Crippen LogP contribution in [0.3, 0.4) is 0 Å². The number of hydrogen-bond donors (Lipinski definition) is 8. The number of rotatable bonds is 5. The van der Waals surface area contributed by atoms with E-state index in [-0.39, 0.29) is 23.6 Å². The van der Waals surface area contributed by atoms with Gasteiger partial charge in [-0.3, -0.25) is 15.0 Å². The maximum absolute atomic E-state index is 14.7. The molecule has 5 rings (SSSR count). The van der Waals surface area contributed by atoms with Crippen molar-refractivity contribution in [2.24, 2.45) is 11.7 Å². The first kappa shape index (κ1) is 41.9. The molecule has 0 spiro atoms. The number of methoxy groups -OCH3 is 1. The van der Waals surface area contributed by atoms with Crippen LogP contribution in [0.1, 0.15) is 39.2 Å². The molecule has 0 aromatic heterocycles. The number of aliphatic hydroxyl groups is 4. The number of phenolic OH excluding ortho intramolecular Hbond substituents is 1. The average molecular weight is 799 g/mol. The number of nitrogens with one attached hydrogen (secondary N) is 2. The van der Waals surface area contributed by atoms with Gasteiger partial charge in [0, 0.05) is 26.5 Å². The summed E-state index contributed by atoms with van der Waals surface area (Å²) >= 11 is 6.65. The van der Waals surface area contributed by atoms with E-state index in [1.165, 1.54) is 26.3 Å². The van der Waals surface area contributed by atoms with Crippen LogP contribution in [0.5, 0.6) is 5.75 Å². The minimum atomic E-state index is -2.03. The highest BCUT2D eigenvalue weighted by Crippen LogP contribution is 2.49. The fraction of sp³-hybridized carbons (Fsp3) is 0.600. The van der Waals surface area contributed by atoms with Crippen molar-refractivity contribution in [1.29, 1.82) is 0 Å². The third-order valence-electron chi connectivity index (χ3n) is 10.3. The second kappa shape index (κ2) is 16.5. The van der Waals surface area contributed by atoms with Crippen molar-refractivity contribution in [2.45, 2.75) is 106 Å². The zero-order valence-corrected chi connectivity index (χ0v) is 31.5. The highest BCUT2D eigenvalue weighted by molar-refractivity contribution is 6.35. The first-order chi connectivity index (χ1) is 25.9. The number of fused-ring (bicyclic) bond motifs is 5. The molecule has 20 heteroatoms. The van der Waals surface area contributed by atoms with Crippen LogP contribution < -0.4 is 21.3 Å². The Morgan fingerprint density at radius 1 is 1.20 bits per heavy atom. The average Bonchev–Trinajstić information content (AvgIpc) is 3.82. The number of epoxide rings is 1. The van der Waals surface area contributed by atoms with E-state index in [0.717, 1.165) is 4.90 Å². The second-order valence-electron chi connectivity index (χ2n) is 14.2. The molecule has 4 aliphatic rings. The summed E-state index contributed by atoms with van der Waals surface area (Å²) < 4.78 is 33.8. The summed E-state index contributed by atoms with van der Waals surface area (Å²) in [5.74, 6) is -2.07. The lowest BCUT2D eigenvalue weighted by atomic mass is 9.83. The molecule has 12 atom stereocenters. The Hall–Kier alpha value is -4.21. The summed E-state index contributed by atoms with van der Waals surface area (Å²) in [4.78, 5) is 52.7. The number of allylic oxidation sites excluding steroid dienone is 3. The third-order valence-corrected chi connectivity index (χ3v) is 10.7. The number of hydrogen-bond acceptors (Lipinski definition) is 15. The monoisotopic (exact) mass is 798 g/mol. The Morgan fingerprint density at radius 3 is 2.55 bits per heavy atom. The molecule has 1 aromatic rings. The normalized spacial score (nSPS) is 38.3. The van der Waals surface area contributed by atoms with Gasteiger partial charge in [-0.05, 0) is 38.0 Å². The van der Waals surface area contributed by atoms with Crippen LogP contribution in [0.25, 0.3) is 0 Å². The van der Waals surface area contributed by atoms with Crippen LogP contribution in [-0.2, 0) is 39.6 Å². The molecule has 0 radical (unpaired) electrons. The van der Waals surface area contributed by atoms with Crippen LogP contribution >= 0.6 is 11.6 Å². The van der Waals surface area contributed by atoms with Crippen LogP contribution in [0.2, 0.25) is 5.02 Å². The molecule has 4 heterocycles. The van der Waals surface area contributed by atoms with Gasteiger partial charge in [0.2, 0.25) is 5.91 Å². The van der Waals surface area contributed by atoms with Crippen LogP contribution in [-0.4, -0.2) is 137 Å². The lowest BCUT2D eigenvalue weighted by Gasteiger charge is -2.45. The highest BCUT2D eigenvalue weighted by atomic mass is 35.5. The van der Waals surface area contributed by atoms with Crippen molar-refractivity contribution >= 4 is 41.5 Å². The summed E-state index contributed by atoms with van der Waals surface area (Å²) in [5.41, 5.74) is 2.72. The number of carbonyl (C=O) groups excluding carboxylic acids is 4. The first-order valence-electron chi connectivity index (χ1n) is 17.4. The fourth-order valence-electron chi connectivity index (χ4n) is 7.39. The second-order valence-corrected chi connectivity index (χ2v) is 14.6. The van der Waals surface area contributed by atoms with Gasteiger partial charge in [0.25, 0.3) is 0 Å². The number of carbonyl (C=O) groups is 4. The predicted octanol–water partition coefficient (Wildman–Crippen LogP) is 0.451. The third kappa shape index (κ3) is 8.63. The number of nitrogens with zero attached hydrogens (tertiary/aromatic N) is 1. The number of halogens is 1. The highest BCUT2D eigenvalue weighted by Gasteiger charge is 2.65. The number of aromatic hydroxyl groups is 1. The fourth-order valence-corrected chi connectivity index (χ4v) is 7.59. The van der Waals surface area contributed by atoms with Gasteiger partial charge in [0.15, 0.2) is 18.1 Å². The molecule has 3 saturated heterocycles. The van der Waals surface area contributed by atoms with Crippen LogP contribution in [0.15, 0.2) is 35.9 Å². The van der Waals surface area contributed by atoms with E-state index < -0.39 is 115 Å². The van der Waals surface area contributed by atoms with Crippen molar-refractivity contribution in [3.63, 3.8) is 0 Å². The lowest BCUT2D eigenvalue weighted by molar-refractivity contribution is -0.227. The molecule has 4 bridgehead atoms. The zero-order valence-electron chi connectivity index (χ0n) is 30.7. The lowest BCUT2D eigenvalue weighted by Crippen LogP contribution is -2.65. The zero-order chi connectivity index (χ0) is 40.6. The van der Waals surface area contributed by atoms with Gasteiger partial charge in [-0.15, -0.1) is 0 Å². The summed E-state index contributed by atoms with van der Waals surface area (Å²) in [6, 6.07) is 2.78. The SMILES string of the molecule is CNC(=O)O[C@H]1CC(=O)N([C@H]2O[C@@H](CO)[C@H](OC(N)=O)[C@@H](O)[C@@H]2O)c2cc(cc(O)c2Cl)C/C(C)=C/C=C/[C@@H](OC)[C@@]2(O)C[C@H](OC(=O)N2)[C@@H](C)[C@@H]2O[C@@]12C. The van der Waals surface area contributed by atoms with Crippen molar-refractivity contribution < 1.29 is 73.1 Å². The van der Waals surface area contributed by atoms with Crippen LogP contribution in [0, 0.1) is 5.92 Å². The number of alkyl carbamates (subject to hydrolysis) is 2. The molecule has 3 fully saturated rings. The Kier molecular flexibility index (Phi) is 12.6. The molecule has 0 unspecified atom stereocenters. The molecule has 0 aliphatic carbocycles. The molecule has 19 nitrogen and oxygen atoms in total. The van der Waals surface area contributed by atoms with E-state index in [0.29, 0.717) is 11.1 Å². The summed E-state index contributed by atoms with van der Waals surface area (Å²) in [7, 11) is 2.66. The number of primary amides is 1.